The topological polar surface area (TPSA) is 70.6 Å². The van der Waals surface area contributed by atoms with Gasteiger partial charge in [0.1, 0.15) is 5.01 Å². The quantitative estimate of drug-likeness (QED) is 0.537. The van der Waals surface area contributed by atoms with Crippen LogP contribution in [0.2, 0.25) is 0 Å². The van der Waals surface area contributed by atoms with Crippen LogP contribution in [0, 0.1) is 0 Å². The van der Waals surface area contributed by atoms with E-state index in [1.165, 1.54) is 0 Å². The fraction of sp³-hybridized carbons (Fsp3) is 0.417. The summed E-state index contributed by atoms with van der Waals surface area (Å²) in [4.78, 5) is 20.1. The highest BCUT2D eigenvalue weighted by Crippen LogP contribution is 2.36. The Labute approximate surface area is 192 Å². The highest BCUT2D eigenvalue weighted by Gasteiger charge is 2.32. The summed E-state index contributed by atoms with van der Waals surface area (Å²) in [7, 11) is -3.40. The number of benzene rings is 2. The number of amides is 1. The van der Waals surface area contributed by atoms with Crippen molar-refractivity contribution >= 4 is 37.5 Å². The van der Waals surface area contributed by atoms with Crippen LogP contribution >= 0.6 is 11.3 Å². The van der Waals surface area contributed by atoms with Crippen molar-refractivity contribution in [3.05, 3.63) is 59.1 Å². The molecule has 2 saturated heterocycles. The van der Waals surface area contributed by atoms with Gasteiger partial charge in [-0.2, -0.15) is 4.31 Å². The number of para-hydroxylation sites is 1. The van der Waals surface area contributed by atoms with Gasteiger partial charge in [0.25, 0.3) is 0 Å². The van der Waals surface area contributed by atoms with Crippen molar-refractivity contribution < 1.29 is 13.2 Å². The molecule has 0 N–H and O–H groups in total. The molecular weight excluding hydrogens is 442 g/mol. The van der Waals surface area contributed by atoms with Crippen LogP contribution in [0.5, 0.6) is 0 Å². The molecule has 0 unspecified atom stereocenters. The Hall–Kier alpha value is -2.29. The second kappa shape index (κ2) is 8.92. The molecule has 6 nitrogen and oxygen atoms in total. The third-order valence-electron chi connectivity index (χ3n) is 6.42. The average Bonchev–Trinajstić information content (AvgIpc) is 3.57. The van der Waals surface area contributed by atoms with Gasteiger partial charge in [0.05, 0.1) is 21.2 Å². The Kier molecular flexibility index (Phi) is 6.01. The minimum Gasteiger partial charge on any atom is -0.333 e. The van der Waals surface area contributed by atoms with Gasteiger partial charge in [-0.25, -0.2) is 13.4 Å². The fourth-order valence-corrected chi connectivity index (χ4v) is 7.29. The summed E-state index contributed by atoms with van der Waals surface area (Å²) in [5.74, 6) is 0.139. The molecule has 0 aliphatic carbocycles. The number of fused-ring (bicyclic) bond motifs is 1. The lowest BCUT2D eigenvalue weighted by Crippen LogP contribution is -2.30. The number of hydrogen-bond donors (Lipinski definition) is 0. The van der Waals surface area contributed by atoms with Gasteiger partial charge >= 0.3 is 0 Å². The molecule has 0 spiro atoms. The number of rotatable bonds is 6. The van der Waals surface area contributed by atoms with Crippen LogP contribution in [0.1, 0.15) is 48.7 Å². The second-order valence-electron chi connectivity index (χ2n) is 8.52. The van der Waals surface area contributed by atoms with Crippen LogP contribution in [0.3, 0.4) is 0 Å². The number of aryl methyl sites for hydroxylation is 1. The standard InChI is InChI=1S/C24H27N3O3S2/c28-23(27-17-5-7-21(27)24-25-20-6-1-2-8-22(20)31-24)14-11-18-9-12-19(13-10-18)32(29,30)26-15-3-4-16-26/h1-2,6,8-10,12-13,21H,3-5,7,11,14-17H2/t21-/m1/s1. The van der Waals surface area contributed by atoms with Crippen molar-refractivity contribution in [2.45, 2.75) is 49.5 Å². The first-order chi connectivity index (χ1) is 15.5. The molecule has 0 radical (unpaired) electrons. The second-order valence-corrected chi connectivity index (χ2v) is 11.5. The SMILES string of the molecule is O=C(CCc1ccc(S(=O)(=O)N2CCCC2)cc1)N1CCC[C@@H]1c1nc2ccccc2s1. The number of thiazole rings is 1. The molecule has 0 bridgehead atoms. The minimum atomic E-state index is -3.40. The van der Waals surface area contributed by atoms with E-state index in [0.29, 0.717) is 30.8 Å². The summed E-state index contributed by atoms with van der Waals surface area (Å²) in [6.07, 6.45) is 4.82. The zero-order valence-electron chi connectivity index (χ0n) is 17.9. The minimum absolute atomic E-state index is 0.0629. The summed E-state index contributed by atoms with van der Waals surface area (Å²) >= 11 is 1.68. The van der Waals surface area contributed by atoms with Crippen molar-refractivity contribution in [2.24, 2.45) is 0 Å². The summed E-state index contributed by atoms with van der Waals surface area (Å²) in [5, 5.41) is 1.02. The maximum Gasteiger partial charge on any atom is 0.243 e. The van der Waals surface area contributed by atoms with Gasteiger partial charge in [0, 0.05) is 26.1 Å². The van der Waals surface area contributed by atoms with Crippen molar-refractivity contribution in [1.82, 2.24) is 14.2 Å². The molecule has 1 aromatic heterocycles. The lowest BCUT2D eigenvalue weighted by molar-refractivity contribution is -0.132. The highest BCUT2D eigenvalue weighted by molar-refractivity contribution is 7.89. The number of nitrogens with zero attached hydrogens (tertiary/aromatic N) is 3. The van der Waals surface area contributed by atoms with Gasteiger partial charge in [-0.15, -0.1) is 11.3 Å². The summed E-state index contributed by atoms with van der Waals surface area (Å²) in [6.45, 7) is 1.97. The van der Waals surface area contributed by atoms with Crippen LogP contribution in [0.25, 0.3) is 10.2 Å². The lowest BCUT2D eigenvalue weighted by atomic mass is 10.1. The molecular formula is C24H27N3O3S2. The maximum absolute atomic E-state index is 13.0. The van der Waals surface area contributed by atoms with E-state index in [1.54, 1.807) is 27.8 Å². The number of carbonyl (C=O) groups is 1. The summed E-state index contributed by atoms with van der Waals surface area (Å²) in [6, 6.07) is 15.2. The Morgan fingerprint density at radius 1 is 1.00 bits per heavy atom. The van der Waals surface area contributed by atoms with Gasteiger partial charge in [0.15, 0.2) is 0 Å². The number of sulfonamides is 1. The van der Waals surface area contributed by atoms with Crippen molar-refractivity contribution in [3.63, 3.8) is 0 Å². The average molecular weight is 470 g/mol. The Morgan fingerprint density at radius 2 is 1.75 bits per heavy atom. The van der Waals surface area contributed by atoms with E-state index < -0.39 is 10.0 Å². The van der Waals surface area contributed by atoms with E-state index in [2.05, 4.69) is 6.07 Å². The Balaban J connectivity index is 1.23. The van der Waals surface area contributed by atoms with Crippen LogP contribution in [0.4, 0.5) is 0 Å². The molecule has 2 aliphatic heterocycles. The summed E-state index contributed by atoms with van der Waals surface area (Å²) in [5.41, 5.74) is 1.98. The van der Waals surface area contributed by atoms with E-state index in [-0.39, 0.29) is 11.9 Å². The van der Waals surface area contributed by atoms with Crippen molar-refractivity contribution in [1.29, 1.82) is 0 Å². The maximum atomic E-state index is 13.0. The van der Waals surface area contributed by atoms with E-state index in [4.69, 9.17) is 4.98 Å². The first kappa shape index (κ1) is 21.6. The zero-order chi connectivity index (χ0) is 22.1. The van der Waals surface area contributed by atoms with E-state index in [0.717, 1.165) is 53.0 Å². The normalized spacial score (nSPS) is 19.8. The fourth-order valence-electron chi connectivity index (χ4n) is 4.66. The van der Waals surface area contributed by atoms with Crippen LogP contribution in [-0.4, -0.2) is 48.1 Å². The molecule has 0 saturated carbocycles. The molecule has 3 heterocycles. The molecule has 32 heavy (non-hydrogen) atoms. The Bertz CT molecular complexity index is 1180. The molecule has 2 aliphatic rings. The third kappa shape index (κ3) is 4.19. The number of aromatic nitrogens is 1. The molecule has 1 atom stereocenters. The van der Waals surface area contributed by atoms with E-state index in [1.807, 2.05) is 35.2 Å². The van der Waals surface area contributed by atoms with E-state index in [9.17, 15) is 13.2 Å². The first-order valence-corrected chi connectivity index (χ1v) is 13.5. The smallest absolute Gasteiger partial charge is 0.243 e. The van der Waals surface area contributed by atoms with E-state index >= 15 is 0 Å². The third-order valence-corrected chi connectivity index (χ3v) is 9.47. The van der Waals surface area contributed by atoms with Gasteiger partial charge in [-0.1, -0.05) is 24.3 Å². The van der Waals surface area contributed by atoms with Crippen LogP contribution in [-0.2, 0) is 21.2 Å². The predicted octanol–water partition coefficient (Wildman–Crippen LogP) is 4.38. The largest absolute Gasteiger partial charge is 0.333 e. The molecule has 2 fully saturated rings. The molecule has 2 aromatic carbocycles. The number of likely N-dealkylation sites (tertiary alicyclic amines) is 1. The molecule has 8 heteroatoms. The monoisotopic (exact) mass is 469 g/mol. The molecule has 5 rings (SSSR count). The number of hydrogen-bond acceptors (Lipinski definition) is 5. The zero-order valence-corrected chi connectivity index (χ0v) is 19.6. The molecule has 3 aromatic rings. The van der Waals surface area contributed by atoms with Crippen molar-refractivity contribution in [2.75, 3.05) is 19.6 Å². The summed E-state index contributed by atoms with van der Waals surface area (Å²) < 4.78 is 28.1. The molecule has 168 valence electrons. The lowest BCUT2D eigenvalue weighted by Gasteiger charge is -2.23. The van der Waals surface area contributed by atoms with Crippen molar-refractivity contribution in [3.8, 4) is 0 Å². The highest BCUT2D eigenvalue weighted by atomic mass is 32.2. The van der Waals surface area contributed by atoms with Gasteiger partial charge in [0.2, 0.25) is 15.9 Å². The predicted molar refractivity (Wildman–Crippen MR) is 126 cm³/mol. The Morgan fingerprint density at radius 3 is 2.50 bits per heavy atom. The number of carbonyl (C=O) groups excluding carboxylic acids is 1. The van der Waals surface area contributed by atoms with Gasteiger partial charge in [-0.3, -0.25) is 4.79 Å². The van der Waals surface area contributed by atoms with Gasteiger partial charge < -0.3 is 4.90 Å². The van der Waals surface area contributed by atoms with Crippen LogP contribution in [0.15, 0.2) is 53.4 Å². The molecule has 1 amide bonds. The van der Waals surface area contributed by atoms with Crippen LogP contribution < -0.4 is 0 Å². The van der Waals surface area contributed by atoms with Gasteiger partial charge in [-0.05, 0) is 61.9 Å². The first-order valence-electron chi connectivity index (χ1n) is 11.3.